The van der Waals surface area contributed by atoms with Gasteiger partial charge in [-0.05, 0) is 45.8 Å². The number of thiophene rings is 1. The van der Waals surface area contributed by atoms with E-state index in [4.69, 9.17) is 11.6 Å². The van der Waals surface area contributed by atoms with E-state index in [2.05, 4.69) is 20.8 Å². The number of hydrogen-bond donors (Lipinski definition) is 0. The smallest absolute Gasteiger partial charge is 0.252 e. The second-order valence-corrected chi connectivity index (χ2v) is 10.4. The van der Waals surface area contributed by atoms with Gasteiger partial charge in [0, 0.05) is 37.7 Å². The molecule has 1 aliphatic heterocycles. The van der Waals surface area contributed by atoms with Crippen molar-refractivity contribution in [2.24, 2.45) is 0 Å². The highest BCUT2D eigenvalue weighted by molar-refractivity contribution is 9.11. The minimum atomic E-state index is -3.37. The van der Waals surface area contributed by atoms with Crippen LogP contribution in [0.25, 0.3) is 0 Å². The molecule has 4 nitrogen and oxygen atoms in total. The summed E-state index contributed by atoms with van der Waals surface area (Å²) in [4.78, 5) is 2.26. The summed E-state index contributed by atoms with van der Waals surface area (Å²) in [5.41, 5.74) is 1.19. The number of sulfonamides is 1. The Balaban J connectivity index is 1.61. The van der Waals surface area contributed by atoms with E-state index < -0.39 is 10.0 Å². The van der Waals surface area contributed by atoms with Gasteiger partial charge in [-0.2, -0.15) is 4.31 Å². The summed E-state index contributed by atoms with van der Waals surface area (Å²) in [6.07, 6.45) is 0. The molecule has 0 spiro atoms. The standard InChI is InChI=1S/C15H16BrClN2O2S2/c16-14-5-6-15(22-14)23(20,21)19-9-7-18(8-10-19)11-12-1-3-13(17)4-2-12/h1-6H,7-11H2. The van der Waals surface area contributed by atoms with Crippen LogP contribution in [-0.2, 0) is 16.6 Å². The third-order valence-electron chi connectivity index (χ3n) is 3.79. The molecule has 1 fully saturated rings. The Hall–Kier alpha value is -0.440. The van der Waals surface area contributed by atoms with E-state index in [9.17, 15) is 8.42 Å². The second-order valence-electron chi connectivity index (χ2n) is 5.37. The van der Waals surface area contributed by atoms with Gasteiger partial charge in [-0.25, -0.2) is 8.42 Å². The van der Waals surface area contributed by atoms with Gasteiger partial charge in [-0.3, -0.25) is 4.90 Å². The fourth-order valence-electron chi connectivity index (χ4n) is 2.54. The van der Waals surface area contributed by atoms with Crippen molar-refractivity contribution in [2.45, 2.75) is 10.8 Å². The molecule has 1 saturated heterocycles. The monoisotopic (exact) mass is 434 g/mol. The average Bonchev–Trinajstić information content (AvgIpc) is 2.98. The van der Waals surface area contributed by atoms with Crippen molar-refractivity contribution in [1.29, 1.82) is 0 Å². The first-order valence-electron chi connectivity index (χ1n) is 7.17. The number of hydrogen-bond acceptors (Lipinski definition) is 4. The molecule has 1 aliphatic rings. The molecule has 1 aromatic heterocycles. The lowest BCUT2D eigenvalue weighted by atomic mass is 10.2. The number of piperazine rings is 1. The maximum atomic E-state index is 12.6. The summed E-state index contributed by atoms with van der Waals surface area (Å²) in [5.74, 6) is 0. The highest BCUT2D eigenvalue weighted by Crippen LogP contribution is 2.29. The van der Waals surface area contributed by atoms with Crippen molar-refractivity contribution < 1.29 is 8.42 Å². The Morgan fingerprint density at radius 2 is 1.70 bits per heavy atom. The van der Waals surface area contributed by atoms with Gasteiger partial charge in [0.15, 0.2) is 0 Å². The molecular formula is C15H16BrClN2O2S2. The summed E-state index contributed by atoms with van der Waals surface area (Å²) in [5, 5.41) is 0.728. The molecule has 0 bridgehead atoms. The topological polar surface area (TPSA) is 40.6 Å². The zero-order valence-corrected chi connectivity index (χ0v) is 16.3. The molecule has 0 aliphatic carbocycles. The van der Waals surface area contributed by atoms with E-state index >= 15 is 0 Å². The largest absolute Gasteiger partial charge is 0.296 e. The molecule has 0 unspecified atom stereocenters. The molecule has 0 N–H and O–H groups in total. The molecule has 1 aromatic carbocycles. The Morgan fingerprint density at radius 3 is 2.26 bits per heavy atom. The van der Waals surface area contributed by atoms with E-state index in [-0.39, 0.29) is 0 Å². The molecule has 0 radical (unpaired) electrons. The zero-order chi connectivity index (χ0) is 16.4. The lowest BCUT2D eigenvalue weighted by molar-refractivity contribution is 0.182. The van der Waals surface area contributed by atoms with Gasteiger partial charge in [0.25, 0.3) is 10.0 Å². The molecule has 0 saturated carbocycles. The summed E-state index contributed by atoms with van der Waals surface area (Å²) in [6, 6.07) is 11.2. The highest BCUT2D eigenvalue weighted by Gasteiger charge is 2.29. The summed E-state index contributed by atoms with van der Waals surface area (Å²) >= 11 is 10.5. The second kappa shape index (κ2) is 7.21. The minimum absolute atomic E-state index is 0.399. The molecular weight excluding hydrogens is 420 g/mol. The van der Waals surface area contributed by atoms with E-state index in [1.165, 1.54) is 16.9 Å². The van der Waals surface area contributed by atoms with Crippen molar-refractivity contribution >= 4 is 48.9 Å². The van der Waals surface area contributed by atoms with Crippen LogP contribution in [0.2, 0.25) is 5.02 Å². The van der Waals surface area contributed by atoms with Crippen molar-refractivity contribution in [3.05, 3.63) is 50.8 Å². The van der Waals surface area contributed by atoms with Crippen LogP contribution in [0.4, 0.5) is 0 Å². The predicted octanol–water partition coefficient (Wildman–Crippen LogP) is 3.67. The van der Waals surface area contributed by atoms with Crippen LogP contribution in [0.5, 0.6) is 0 Å². The predicted molar refractivity (Wildman–Crippen MR) is 97.5 cm³/mol. The third-order valence-corrected chi connectivity index (χ3v) is 8.04. The normalized spacial score (nSPS) is 17.5. The summed E-state index contributed by atoms with van der Waals surface area (Å²) in [7, 11) is -3.37. The Kier molecular flexibility index (Phi) is 5.45. The maximum Gasteiger partial charge on any atom is 0.252 e. The fraction of sp³-hybridized carbons (Fsp3) is 0.333. The Labute approximate surface area is 153 Å². The van der Waals surface area contributed by atoms with Gasteiger partial charge in [0.2, 0.25) is 0 Å². The fourth-order valence-corrected chi connectivity index (χ4v) is 6.25. The molecule has 23 heavy (non-hydrogen) atoms. The van der Waals surface area contributed by atoms with Crippen LogP contribution in [-0.4, -0.2) is 43.8 Å². The van der Waals surface area contributed by atoms with Gasteiger partial charge in [0.05, 0.1) is 3.79 Å². The van der Waals surface area contributed by atoms with E-state index in [0.29, 0.717) is 17.3 Å². The molecule has 0 atom stereocenters. The molecule has 2 heterocycles. The van der Waals surface area contributed by atoms with Crippen molar-refractivity contribution in [3.63, 3.8) is 0 Å². The third kappa shape index (κ3) is 4.15. The van der Waals surface area contributed by atoms with Gasteiger partial charge in [-0.1, -0.05) is 23.7 Å². The minimum Gasteiger partial charge on any atom is -0.296 e. The lowest BCUT2D eigenvalue weighted by Crippen LogP contribution is -2.48. The number of rotatable bonds is 4. The maximum absolute atomic E-state index is 12.6. The van der Waals surface area contributed by atoms with Gasteiger partial charge in [-0.15, -0.1) is 11.3 Å². The van der Waals surface area contributed by atoms with Crippen LogP contribution < -0.4 is 0 Å². The number of benzene rings is 1. The van der Waals surface area contributed by atoms with Crippen LogP contribution in [0.1, 0.15) is 5.56 Å². The first-order chi connectivity index (χ1) is 10.9. The molecule has 0 amide bonds. The van der Waals surface area contributed by atoms with Crippen molar-refractivity contribution in [3.8, 4) is 0 Å². The summed E-state index contributed by atoms with van der Waals surface area (Å²) < 4.78 is 28.0. The SMILES string of the molecule is O=S(=O)(c1ccc(Br)s1)N1CCN(Cc2ccc(Cl)cc2)CC1. The van der Waals surface area contributed by atoms with Gasteiger partial charge >= 0.3 is 0 Å². The Bertz CT molecular complexity index is 769. The molecule has 2 aromatic rings. The first-order valence-corrected chi connectivity index (χ1v) is 10.6. The molecule has 8 heteroatoms. The van der Waals surface area contributed by atoms with Crippen LogP contribution in [0, 0.1) is 0 Å². The van der Waals surface area contributed by atoms with E-state index in [0.717, 1.165) is 28.4 Å². The van der Waals surface area contributed by atoms with Crippen LogP contribution >= 0.6 is 38.9 Å². The zero-order valence-electron chi connectivity index (χ0n) is 12.3. The van der Waals surface area contributed by atoms with Gasteiger partial charge in [0.1, 0.15) is 4.21 Å². The van der Waals surface area contributed by atoms with E-state index in [1.54, 1.807) is 16.4 Å². The van der Waals surface area contributed by atoms with Gasteiger partial charge < -0.3 is 0 Å². The number of halogens is 2. The highest BCUT2D eigenvalue weighted by atomic mass is 79.9. The summed E-state index contributed by atoms with van der Waals surface area (Å²) in [6.45, 7) is 3.31. The molecule has 124 valence electrons. The first kappa shape index (κ1) is 17.4. The Morgan fingerprint density at radius 1 is 1.04 bits per heavy atom. The quantitative estimate of drug-likeness (QED) is 0.736. The van der Waals surface area contributed by atoms with Crippen molar-refractivity contribution in [1.82, 2.24) is 9.21 Å². The number of nitrogens with zero attached hydrogens (tertiary/aromatic N) is 2. The van der Waals surface area contributed by atoms with E-state index in [1.807, 2.05) is 24.3 Å². The lowest BCUT2D eigenvalue weighted by Gasteiger charge is -2.33. The molecule has 3 rings (SSSR count). The van der Waals surface area contributed by atoms with Crippen LogP contribution in [0.15, 0.2) is 44.4 Å². The van der Waals surface area contributed by atoms with Crippen molar-refractivity contribution in [2.75, 3.05) is 26.2 Å². The van der Waals surface area contributed by atoms with Crippen LogP contribution in [0.3, 0.4) is 0 Å². The average molecular weight is 436 g/mol.